The fourth-order valence-corrected chi connectivity index (χ4v) is 0.624. The van der Waals surface area contributed by atoms with Gasteiger partial charge < -0.3 is 0 Å². The first-order valence-electron chi connectivity index (χ1n) is 3.02. The highest BCUT2D eigenvalue weighted by Gasteiger charge is 1.99. The van der Waals surface area contributed by atoms with E-state index < -0.39 is 0 Å². The summed E-state index contributed by atoms with van der Waals surface area (Å²) in [6.07, 6.45) is 1.32. The third-order valence-corrected chi connectivity index (χ3v) is 1.02. The molecule has 0 spiro atoms. The Kier molecular flexibility index (Phi) is 1.97. The molecule has 0 fully saturated rings. The Morgan fingerprint density at radius 3 is 3.09 bits per heavy atom. The van der Waals surface area contributed by atoms with Crippen LogP contribution in [-0.4, -0.2) is 20.8 Å². The fourth-order valence-electron chi connectivity index (χ4n) is 0.624. The van der Waals surface area contributed by atoms with Crippen LogP contribution in [0.3, 0.4) is 0 Å². The van der Waals surface area contributed by atoms with Crippen molar-refractivity contribution < 1.29 is 4.79 Å². The normalized spacial score (nSPS) is 9.09. The Bertz CT molecular complexity index is 309. The van der Waals surface area contributed by atoms with Crippen molar-refractivity contribution in [2.24, 2.45) is 0 Å². The maximum atomic E-state index is 10.5. The number of ketones is 1. The van der Waals surface area contributed by atoms with E-state index in [4.69, 9.17) is 5.26 Å². The van der Waals surface area contributed by atoms with Gasteiger partial charge in [0.25, 0.3) is 0 Å². The summed E-state index contributed by atoms with van der Waals surface area (Å²) in [5, 5.41) is 15.7. The Balaban J connectivity index is 2.75. The third-order valence-electron chi connectivity index (χ3n) is 1.02. The molecule has 0 radical (unpaired) electrons. The zero-order valence-electron chi connectivity index (χ0n) is 5.98. The lowest BCUT2D eigenvalue weighted by Crippen LogP contribution is -2.09. The summed E-state index contributed by atoms with van der Waals surface area (Å²) < 4.78 is 0. The van der Waals surface area contributed by atoms with Gasteiger partial charge in [0.2, 0.25) is 0 Å². The van der Waals surface area contributed by atoms with Crippen LogP contribution in [0.5, 0.6) is 0 Å². The molecule has 0 aromatic carbocycles. The molecular weight excluding hydrogens is 144 g/mol. The SMILES string of the molecule is CC(=O)Cn1ncc(C#N)n1. The van der Waals surface area contributed by atoms with Gasteiger partial charge in [0.15, 0.2) is 11.5 Å². The van der Waals surface area contributed by atoms with Gasteiger partial charge in [-0.1, -0.05) is 0 Å². The minimum absolute atomic E-state index is 0.0370. The molecule has 0 saturated heterocycles. The zero-order chi connectivity index (χ0) is 8.27. The summed E-state index contributed by atoms with van der Waals surface area (Å²) in [7, 11) is 0. The number of aromatic nitrogens is 3. The van der Waals surface area contributed by atoms with Gasteiger partial charge >= 0.3 is 0 Å². The van der Waals surface area contributed by atoms with Gasteiger partial charge in [0, 0.05) is 0 Å². The quantitative estimate of drug-likeness (QED) is 0.582. The summed E-state index contributed by atoms with van der Waals surface area (Å²) >= 11 is 0. The van der Waals surface area contributed by atoms with Crippen LogP contribution in [0.15, 0.2) is 6.20 Å². The minimum atomic E-state index is -0.0370. The number of nitriles is 1. The van der Waals surface area contributed by atoms with E-state index in [0.717, 1.165) is 0 Å². The first-order chi connectivity index (χ1) is 5.22. The van der Waals surface area contributed by atoms with Crippen LogP contribution in [-0.2, 0) is 11.3 Å². The maximum absolute atomic E-state index is 10.5. The van der Waals surface area contributed by atoms with Crippen LogP contribution in [0, 0.1) is 11.3 Å². The average Bonchev–Trinajstić information content (AvgIpc) is 2.34. The van der Waals surface area contributed by atoms with E-state index >= 15 is 0 Å². The molecule has 0 bridgehead atoms. The third kappa shape index (κ3) is 1.86. The average molecular weight is 150 g/mol. The summed E-state index contributed by atoms with van der Waals surface area (Å²) in [5.74, 6) is -0.0370. The lowest BCUT2D eigenvalue weighted by molar-refractivity contribution is -0.117. The van der Waals surface area contributed by atoms with E-state index in [1.165, 1.54) is 17.9 Å². The van der Waals surface area contributed by atoms with Crippen molar-refractivity contribution >= 4 is 5.78 Å². The monoisotopic (exact) mass is 150 g/mol. The molecule has 0 unspecified atom stereocenters. The van der Waals surface area contributed by atoms with Gasteiger partial charge in [0.1, 0.15) is 12.6 Å². The van der Waals surface area contributed by atoms with Crippen LogP contribution in [0.4, 0.5) is 0 Å². The van der Waals surface area contributed by atoms with Gasteiger partial charge in [-0.2, -0.15) is 15.2 Å². The Labute approximate surface area is 63.2 Å². The molecule has 0 atom stereocenters. The van der Waals surface area contributed by atoms with Crippen molar-refractivity contribution in [2.45, 2.75) is 13.5 Å². The van der Waals surface area contributed by atoms with Crippen LogP contribution < -0.4 is 0 Å². The van der Waals surface area contributed by atoms with Gasteiger partial charge in [-0.05, 0) is 6.92 Å². The second-order valence-electron chi connectivity index (χ2n) is 2.07. The molecule has 56 valence electrons. The van der Waals surface area contributed by atoms with Gasteiger partial charge in [-0.15, -0.1) is 5.10 Å². The van der Waals surface area contributed by atoms with Gasteiger partial charge in [0.05, 0.1) is 6.20 Å². The van der Waals surface area contributed by atoms with Crippen molar-refractivity contribution in [1.29, 1.82) is 5.26 Å². The molecule has 1 rings (SSSR count). The van der Waals surface area contributed by atoms with Gasteiger partial charge in [-0.25, -0.2) is 0 Å². The molecule has 0 amide bonds. The van der Waals surface area contributed by atoms with Crippen molar-refractivity contribution in [3.8, 4) is 6.07 Å². The second-order valence-corrected chi connectivity index (χ2v) is 2.07. The van der Waals surface area contributed by atoms with Crippen LogP contribution in [0.25, 0.3) is 0 Å². The first kappa shape index (κ1) is 7.41. The molecule has 5 heteroatoms. The van der Waals surface area contributed by atoms with E-state index in [-0.39, 0.29) is 18.0 Å². The Hall–Kier alpha value is -1.70. The number of Topliss-reactive ketones (excluding diaryl/α,β-unsaturated/α-hetero) is 1. The van der Waals surface area contributed by atoms with E-state index in [9.17, 15) is 4.79 Å². The summed E-state index contributed by atoms with van der Waals surface area (Å²) in [6, 6.07) is 1.81. The topological polar surface area (TPSA) is 71.6 Å². The zero-order valence-corrected chi connectivity index (χ0v) is 5.98. The standard InChI is InChI=1S/C6H6N4O/c1-5(11)4-10-8-3-6(2-7)9-10/h3H,4H2,1H3. The molecular formula is C6H6N4O. The number of carbonyl (C=O) groups is 1. The molecule has 0 saturated carbocycles. The highest BCUT2D eigenvalue weighted by molar-refractivity contribution is 5.74. The summed E-state index contributed by atoms with van der Waals surface area (Å²) in [4.78, 5) is 11.7. The molecule has 0 aliphatic heterocycles. The van der Waals surface area contributed by atoms with E-state index in [1.807, 2.05) is 6.07 Å². The number of rotatable bonds is 2. The molecule has 1 aromatic heterocycles. The van der Waals surface area contributed by atoms with Crippen molar-refractivity contribution in [1.82, 2.24) is 15.0 Å². The number of carbonyl (C=O) groups excluding carboxylic acids is 1. The van der Waals surface area contributed by atoms with E-state index in [2.05, 4.69) is 10.2 Å². The summed E-state index contributed by atoms with van der Waals surface area (Å²) in [5.41, 5.74) is 0.228. The number of hydrogen-bond acceptors (Lipinski definition) is 4. The van der Waals surface area contributed by atoms with Crippen LogP contribution in [0.1, 0.15) is 12.6 Å². The molecule has 1 aromatic rings. The van der Waals surface area contributed by atoms with Gasteiger partial charge in [-0.3, -0.25) is 4.79 Å². The molecule has 0 N–H and O–H groups in total. The fraction of sp³-hybridized carbons (Fsp3) is 0.333. The minimum Gasteiger partial charge on any atom is -0.298 e. The molecule has 0 aliphatic carbocycles. The lowest BCUT2D eigenvalue weighted by Gasteiger charge is -1.90. The van der Waals surface area contributed by atoms with Crippen LogP contribution >= 0.6 is 0 Å². The van der Waals surface area contributed by atoms with Crippen molar-refractivity contribution in [3.05, 3.63) is 11.9 Å². The highest BCUT2D eigenvalue weighted by atomic mass is 16.1. The Morgan fingerprint density at radius 2 is 2.64 bits per heavy atom. The van der Waals surface area contributed by atoms with Crippen molar-refractivity contribution in [2.75, 3.05) is 0 Å². The highest BCUT2D eigenvalue weighted by Crippen LogP contribution is 1.87. The number of nitrogens with zero attached hydrogens (tertiary/aromatic N) is 4. The first-order valence-corrected chi connectivity index (χ1v) is 3.02. The van der Waals surface area contributed by atoms with E-state index in [0.29, 0.717) is 0 Å². The lowest BCUT2D eigenvalue weighted by atomic mass is 10.5. The molecule has 5 nitrogen and oxygen atoms in total. The van der Waals surface area contributed by atoms with Crippen LogP contribution in [0.2, 0.25) is 0 Å². The molecule has 1 heterocycles. The Morgan fingerprint density at radius 1 is 1.91 bits per heavy atom. The molecule has 0 aliphatic rings. The maximum Gasteiger partial charge on any atom is 0.182 e. The largest absolute Gasteiger partial charge is 0.298 e. The predicted octanol–water partition coefficient (Wildman–Crippen LogP) is -0.261. The second kappa shape index (κ2) is 2.92. The summed E-state index contributed by atoms with van der Waals surface area (Å²) in [6.45, 7) is 1.57. The predicted molar refractivity (Wildman–Crippen MR) is 35.4 cm³/mol. The number of hydrogen-bond donors (Lipinski definition) is 0. The van der Waals surface area contributed by atoms with Crippen molar-refractivity contribution in [3.63, 3.8) is 0 Å². The molecule has 11 heavy (non-hydrogen) atoms. The smallest absolute Gasteiger partial charge is 0.182 e. The van der Waals surface area contributed by atoms with E-state index in [1.54, 1.807) is 0 Å².